The van der Waals surface area contributed by atoms with Crippen molar-refractivity contribution < 1.29 is 75.1 Å². The van der Waals surface area contributed by atoms with Crippen LogP contribution >= 0.6 is 0 Å². The highest BCUT2D eigenvalue weighted by Gasteiger charge is 2.65. The molecule has 22 atom stereocenters. The molecule has 312 valence electrons. The van der Waals surface area contributed by atoms with E-state index in [9.17, 15) is 56.2 Å². The highest BCUT2D eigenvalue weighted by molar-refractivity contribution is 5.27. The summed E-state index contributed by atoms with van der Waals surface area (Å²) < 4.78 is 23.9. The van der Waals surface area contributed by atoms with Crippen LogP contribution in [0.5, 0.6) is 0 Å². The van der Waals surface area contributed by atoms with Crippen LogP contribution in [-0.4, -0.2) is 162 Å². The molecule has 54 heavy (non-hydrogen) atoms. The maximum atomic E-state index is 12.2. The van der Waals surface area contributed by atoms with Crippen LogP contribution in [0.3, 0.4) is 0 Å². The first-order valence-corrected chi connectivity index (χ1v) is 20.1. The third-order valence-electron chi connectivity index (χ3n) is 14.8. The molecule has 0 unspecified atom stereocenters. The molecule has 6 aliphatic rings. The van der Waals surface area contributed by atoms with Gasteiger partial charge in [0.05, 0.1) is 37.6 Å². The van der Waals surface area contributed by atoms with Gasteiger partial charge in [0.1, 0.15) is 48.8 Å². The fourth-order valence-corrected chi connectivity index (χ4v) is 11.8. The molecule has 4 aliphatic carbocycles. The molecule has 0 aromatic rings. The maximum absolute atomic E-state index is 12.2. The van der Waals surface area contributed by atoms with Gasteiger partial charge in [-0.3, -0.25) is 0 Å². The van der Waals surface area contributed by atoms with Crippen LogP contribution in [0.1, 0.15) is 79.1 Å². The molecule has 2 aliphatic heterocycles. The van der Waals surface area contributed by atoms with Gasteiger partial charge in [-0.05, 0) is 97.7 Å². The quantitative estimate of drug-likeness (QED) is 0.106. The summed E-state index contributed by atoms with van der Waals surface area (Å²) in [5, 5.41) is 116. The summed E-state index contributed by atoms with van der Waals surface area (Å²) in [6.07, 6.45) is -9.46. The molecule has 0 aromatic carbocycles. The van der Waals surface area contributed by atoms with Gasteiger partial charge in [0.15, 0.2) is 12.6 Å². The Morgan fingerprint density at radius 3 is 2.02 bits per heavy atom. The van der Waals surface area contributed by atoms with E-state index in [0.717, 1.165) is 5.57 Å². The lowest BCUT2D eigenvalue weighted by Gasteiger charge is -2.60. The smallest absolute Gasteiger partial charge is 0.186 e. The van der Waals surface area contributed by atoms with Crippen LogP contribution in [-0.2, 0) is 18.9 Å². The van der Waals surface area contributed by atoms with Crippen LogP contribution in [0.25, 0.3) is 0 Å². The molecule has 15 heteroatoms. The zero-order valence-corrected chi connectivity index (χ0v) is 32.0. The Hall–Kier alpha value is -0.860. The van der Waals surface area contributed by atoms with Crippen molar-refractivity contribution in [3.8, 4) is 0 Å². The maximum Gasteiger partial charge on any atom is 0.186 e. The summed E-state index contributed by atoms with van der Waals surface area (Å²) in [6.45, 7) is 7.10. The first-order valence-electron chi connectivity index (χ1n) is 20.1. The second-order valence-corrected chi connectivity index (χ2v) is 18.1. The van der Waals surface area contributed by atoms with E-state index in [2.05, 4.69) is 19.9 Å². The number of allylic oxidation sites excluding steroid dienone is 1. The Morgan fingerprint density at radius 1 is 0.796 bits per heavy atom. The summed E-state index contributed by atoms with van der Waals surface area (Å²) in [4.78, 5) is 0. The highest BCUT2D eigenvalue weighted by atomic mass is 16.7. The summed E-state index contributed by atoms with van der Waals surface area (Å²) in [5.41, 5.74) is 0.328. The molecule has 5 fully saturated rings. The summed E-state index contributed by atoms with van der Waals surface area (Å²) in [6, 6.07) is 0. The van der Waals surface area contributed by atoms with E-state index in [1.807, 2.05) is 13.8 Å². The first kappa shape index (κ1) is 42.7. The normalized spacial score (nSPS) is 51.0. The van der Waals surface area contributed by atoms with Crippen molar-refractivity contribution in [2.75, 3.05) is 19.8 Å². The van der Waals surface area contributed by atoms with Gasteiger partial charge < -0.3 is 75.1 Å². The number of aliphatic hydroxyl groups is 11. The van der Waals surface area contributed by atoms with Crippen molar-refractivity contribution in [3.05, 3.63) is 11.6 Å². The van der Waals surface area contributed by atoms with Gasteiger partial charge in [0, 0.05) is 6.61 Å². The molecule has 11 N–H and O–H groups in total. The Morgan fingerprint density at radius 2 is 1.41 bits per heavy atom. The zero-order valence-electron chi connectivity index (χ0n) is 32.0. The Bertz CT molecular complexity index is 1280. The van der Waals surface area contributed by atoms with Crippen LogP contribution in [0.15, 0.2) is 11.6 Å². The Labute approximate surface area is 317 Å². The minimum atomic E-state index is -1.60. The average molecular weight is 775 g/mol. The van der Waals surface area contributed by atoms with Crippen LogP contribution in [0, 0.1) is 46.3 Å². The standard InChI is InChI=1S/C39H66O15/c1-17(14-40)5-8-25(52-37-35(50)33(48)31(46)27(16-42)54-37)18(2)28-23(43)12-22-21-7-6-19-11-20(51-36-34(49)32(47)30(45)26(15-41)53-36)9-10-38(19,3)29(21)24(44)13-39(22,28)4/h6,17-18,20-37,40-50H,5,7-16H2,1-4H3/t17-,18-,20+,21+,22-,23+,24-,25+,26-,27+,28+,29-,30-,31+,32+,33-,34-,35+,36-,37+,38+,39+/m1/s1. The topological polar surface area (TPSA) is 259 Å². The zero-order chi connectivity index (χ0) is 39.4. The van der Waals surface area contributed by atoms with Crippen molar-refractivity contribution in [2.24, 2.45) is 46.3 Å². The highest BCUT2D eigenvalue weighted by Crippen LogP contribution is 2.67. The van der Waals surface area contributed by atoms with E-state index >= 15 is 0 Å². The lowest BCUT2D eigenvalue weighted by atomic mass is 9.46. The molecule has 2 heterocycles. The van der Waals surface area contributed by atoms with Crippen LogP contribution < -0.4 is 0 Å². The Balaban J connectivity index is 1.20. The molecule has 2 saturated heterocycles. The molecule has 0 bridgehead atoms. The van der Waals surface area contributed by atoms with E-state index < -0.39 is 98.4 Å². The third kappa shape index (κ3) is 7.59. The minimum Gasteiger partial charge on any atom is -0.396 e. The fraction of sp³-hybridized carbons (Fsp3) is 0.949. The van der Waals surface area contributed by atoms with Gasteiger partial charge in [-0.15, -0.1) is 0 Å². The number of rotatable bonds is 12. The number of hydrogen-bond acceptors (Lipinski definition) is 15. The fourth-order valence-electron chi connectivity index (χ4n) is 11.8. The van der Waals surface area contributed by atoms with Crippen molar-refractivity contribution >= 4 is 0 Å². The number of hydrogen-bond donors (Lipinski definition) is 11. The lowest BCUT2D eigenvalue weighted by molar-refractivity contribution is -0.317. The van der Waals surface area contributed by atoms with Crippen LogP contribution in [0.4, 0.5) is 0 Å². The van der Waals surface area contributed by atoms with E-state index in [-0.39, 0.29) is 53.6 Å². The summed E-state index contributed by atoms with van der Waals surface area (Å²) in [7, 11) is 0. The number of fused-ring (bicyclic) bond motifs is 5. The summed E-state index contributed by atoms with van der Waals surface area (Å²) >= 11 is 0. The van der Waals surface area contributed by atoms with E-state index in [0.29, 0.717) is 51.4 Å². The largest absolute Gasteiger partial charge is 0.396 e. The molecule has 3 saturated carbocycles. The lowest BCUT2D eigenvalue weighted by Crippen LogP contribution is -2.60. The minimum absolute atomic E-state index is 0.0306. The van der Waals surface area contributed by atoms with Crippen molar-refractivity contribution in [2.45, 2.75) is 165 Å². The van der Waals surface area contributed by atoms with Gasteiger partial charge in [0.25, 0.3) is 0 Å². The summed E-state index contributed by atoms with van der Waals surface area (Å²) in [5.74, 6) is -0.571. The van der Waals surface area contributed by atoms with Crippen LogP contribution in [0.2, 0.25) is 0 Å². The molecule has 0 aromatic heterocycles. The molecule has 0 radical (unpaired) electrons. The second-order valence-electron chi connectivity index (χ2n) is 18.1. The van der Waals surface area contributed by atoms with E-state index in [1.165, 1.54) is 0 Å². The molecular weight excluding hydrogens is 708 g/mol. The average Bonchev–Trinajstić information content (AvgIpc) is 3.41. The van der Waals surface area contributed by atoms with Crippen molar-refractivity contribution in [3.63, 3.8) is 0 Å². The molecule has 0 amide bonds. The second kappa shape index (κ2) is 16.8. The molecule has 15 nitrogen and oxygen atoms in total. The van der Waals surface area contributed by atoms with Gasteiger partial charge >= 0.3 is 0 Å². The first-order chi connectivity index (χ1) is 25.5. The third-order valence-corrected chi connectivity index (χ3v) is 14.8. The predicted molar refractivity (Wildman–Crippen MR) is 190 cm³/mol. The van der Waals surface area contributed by atoms with E-state index in [4.69, 9.17) is 18.9 Å². The molecule has 6 rings (SSSR count). The SMILES string of the molecule is C[C@@H](CO)CC[C@H](O[C@H]1O[C@@H](CO)[C@H](O)[C@@H](O)[C@@H]1O)[C@@H](C)[C@H]1[C@@H](O)C[C@@H]2[C@@H]3CC=C4C[C@@H](O[C@@H]5O[C@H](CO)[C@@H](O)[C@H](O)[C@H]5O)CC[C@]4(C)[C@H]3[C@H](O)C[C@]12C. The van der Waals surface area contributed by atoms with E-state index in [1.54, 1.807) is 0 Å². The molecular formula is C39H66O15. The van der Waals surface area contributed by atoms with Crippen molar-refractivity contribution in [1.82, 2.24) is 0 Å². The van der Waals surface area contributed by atoms with Gasteiger partial charge in [-0.25, -0.2) is 0 Å². The van der Waals surface area contributed by atoms with Crippen molar-refractivity contribution in [1.29, 1.82) is 0 Å². The van der Waals surface area contributed by atoms with Gasteiger partial charge in [-0.1, -0.05) is 39.3 Å². The molecule has 0 spiro atoms. The monoisotopic (exact) mass is 774 g/mol. The predicted octanol–water partition coefficient (Wildman–Crippen LogP) is -1.08. The van der Waals surface area contributed by atoms with Gasteiger partial charge in [0.2, 0.25) is 0 Å². The number of ether oxygens (including phenoxy) is 4. The Kier molecular flexibility index (Phi) is 13.3. The number of aliphatic hydroxyl groups excluding tert-OH is 11. The van der Waals surface area contributed by atoms with Gasteiger partial charge in [-0.2, -0.15) is 0 Å².